The zero-order valence-corrected chi connectivity index (χ0v) is 10.3. The van der Waals surface area contributed by atoms with Gasteiger partial charge in [0, 0.05) is 20.1 Å². The van der Waals surface area contributed by atoms with Gasteiger partial charge < -0.3 is 10.2 Å². The molecule has 0 aliphatic heterocycles. The van der Waals surface area contributed by atoms with E-state index in [0.29, 0.717) is 23.9 Å². The first-order valence-electron chi connectivity index (χ1n) is 5.79. The van der Waals surface area contributed by atoms with Gasteiger partial charge in [-0.3, -0.25) is 0 Å². The zero-order valence-electron chi connectivity index (χ0n) is 10.3. The van der Waals surface area contributed by atoms with Gasteiger partial charge in [-0.25, -0.2) is 4.98 Å². The van der Waals surface area contributed by atoms with Crippen LogP contribution in [0.25, 0.3) is 5.95 Å². The van der Waals surface area contributed by atoms with Gasteiger partial charge in [0.1, 0.15) is 12.7 Å². The lowest BCUT2D eigenvalue weighted by molar-refractivity contribution is 0.773. The SMILES string of the molecule is CNc1nc(N(C)C2CC2)nc(-n2cncn2)n1. The molecule has 1 saturated carbocycles. The zero-order chi connectivity index (χ0) is 12.5. The lowest BCUT2D eigenvalue weighted by Gasteiger charge is -2.16. The molecule has 0 radical (unpaired) electrons. The van der Waals surface area contributed by atoms with Crippen LogP contribution in [0.1, 0.15) is 12.8 Å². The summed E-state index contributed by atoms with van der Waals surface area (Å²) in [6.07, 6.45) is 5.40. The topological polar surface area (TPSA) is 84.7 Å². The molecule has 3 rings (SSSR count). The minimum atomic E-state index is 0.467. The van der Waals surface area contributed by atoms with Crippen molar-refractivity contribution in [3.8, 4) is 5.95 Å². The molecule has 0 bridgehead atoms. The molecule has 1 aliphatic rings. The van der Waals surface area contributed by atoms with Crippen molar-refractivity contribution in [1.82, 2.24) is 29.7 Å². The molecule has 8 heteroatoms. The molecule has 1 fully saturated rings. The number of hydrogen-bond donors (Lipinski definition) is 1. The molecule has 2 aromatic rings. The van der Waals surface area contributed by atoms with Crippen LogP contribution in [0.5, 0.6) is 0 Å². The summed E-state index contributed by atoms with van der Waals surface area (Å²) in [6, 6.07) is 0.542. The smallest absolute Gasteiger partial charge is 0.258 e. The molecule has 0 spiro atoms. The molecule has 2 aromatic heterocycles. The standard InChI is InChI=1S/C10H14N8/c1-11-8-14-9(17(2)7-3-4-7)16-10(15-8)18-6-12-5-13-18/h5-7H,3-4H2,1-2H3,(H,11,14,15,16). The minimum Gasteiger partial charge on any atom is -0.357 e. The van der Waals surface area contributed by atoms with Crippen LogP contribution in [0, 0.1) is 0 Å². The second kappa shape index (κ2) is 4.21. The Labute approximate surface area is 104 Å². The van der Waals surface area contributed by atoms with Gasteiger partial charge in [0.15, 0.2) is 0 Å². The molecule has 0 saturated heterocycles. The Bertz CT molecular complexity index is 533. The maximum absolute atomic E-state index is 4.41. The Balaban J connectivity index is 2.01. The van der Waals surface area contributed by atoms with Crippen LogP contribution in [0.4, 0.5) is 11.9 Å². The van der Waals surface area contributed by atoms with E-state index in [1.165, 1.54) is 23.9 Å². The largest absolute Gasteiger partial charge is 0.357 e. The Kier molecular flexibility index (Phi) is 2.54. The average molecular weight is 246 g/mol. The molecule has 0 unspecified atom stereocenters. The summed E-state index contributed by atoms with van der Waals surface area (Å²) >= 11 is 0. The average Bonchev–Trinajstić information content (AvgIpc) is 3.11. The van der Waals surface area contributed by atoms with Crippen molar-refractivity contribution in [3.05, 3.63) is 12.7 Å². The fourth-order valence-electron chi connectivity index (χ4n) is 1.66. The van der Waals surface area contributed by atoms with E-state index >= 15 is 0 Å². The molecular weight excluding hydrogens is 232 g/mol. The lowest BCUT2D eigenvalue weighted by Crippen LogP contribution is -2.23. The van der Waals surface area contributed by atoms with Crippen molar-refractivity contribution in [2.24, 2.45) is 0 Å². The highest BCUT2D eigenvalue weighted by atomic mass is 15.4. The van der Waals surface area contributed by atoms with E-state index in [0.717, 1.165) is 0 Å². The van der Waals surface area contributed by atoms with E-state index in [1.807, 2.05) is 7.05 Å². The summed E-state index contributed by atoms with van der Waals surface area (Å²) in [5.74, 6) is 1.65. The van der Waals surface area contributed by atoms with Crippen LogP contribution in [0.3, 0.4) is 0 Å². The Morgan fingerprint density at radius 3 is 2.78 bits per heavy atom. The van der Waals surface area contributed by atoms with Crippen molar-refractivity contribution < 1.29 is 0 Å². The van der Waals surface area contributed by atoms with E-state index in [2.05, 4.69) is 35.3 Å². The van der Waals surface area contributed by atoms with Gasteiger partial charge in [0.25, 0.3) is 5.95 Å². The fourth-order valence-corrected chi connectivity index (χ4v) is 1.66. The number of nitrogens with zero attached hydrogens (tertiary/aromatic N) is 7. The van der Waals surface area contributed by atoms with Crippen LogP contribution in [-0.2, 0) is 0 Å². The first-order valence-corrected chi connectivity index (χ1v) is 5.79. The van der Waals surface area contributed by atoms with Crippen molar-refractivity contribution in [1.29, 1.82) is 0 Å². The van der Waals surface area contributed by atoms with E-state index in [1.54, 1.807) is 13.4 Å². The number of nitrogens with one attached hydrogen (secondary N) is 1. The third-order valence-electron chi connectivity index (χ3n) is 2.87. The van der Waals surface area contributed by atoms with Crippen molar-refractivity contribution >= 4 is 11.9 Å². The Hall–Kier alpha value is -2.25. The van der Waals surface area contributed by atoms with Crippen molar-refractivity contribution in [3.63, 3.8) is 0 Å². The Morgan fingerprint density at radius 1 is 1.33 bits per heavy atom. The highest BCUT2D eigenvalue weighted by Gasteiger charge is 2.28. The van der Waals surface area contributed by atoms with Gasteiger partial charge >= 0.3 is 0 Å². The predicted molar refractivity (Wildman–Crippen MR) is 65.7 cm³/mol. The summed E-state index contributed by atoms with van der Waals surface area (Å²) in [7, 11) is 3.78. The van der Waals surface area contributed by atoms with Gasteiger partial charge in [0.05, 0.1) is 0 Å². The summed E-state index contributed by atoms with van der Waals surface area (Å²) < 4.78 is 1.52. The molecule has 18 heavy (non-hydrogen) atoms. The number of anilines is 2. The maximum atomic E-state index is 4.41. The second-order valence-corrected chi connectivity index (χ2v) is 4.19. The molecule has 0 atom stereocenters. The van der Waals surface area contributed by atoms with Crippen molar-refractivity contribution in [2.75, 3.05) is 24.3 Å². The van der Waals surface area contributed by atoms with Crippen LogP contribution >= 0.6 is 0 Å². The van der Waals surface area contributed by atoms with Gasteiger partial charge in [-0.1, -0.05) is 0 Å². The molecule has 94 valence electrons. The normalized spacial score (nSPS) is 14.6. The number of rotatable bonds is 4. The van der Waals surface area contributed by atoms with E-state index < -0.39 is 0 Å². The Morgan fingerprint density at radius 2 is 2.17 bits per heavy atom. The van der Waals surface area contributed by atoms with Crippen LogP contribution in [0.15, 0.2) is 12.7 Å². The summed E-state index contributed by atoms with van der Waals surface area (Å²) in [5, 5.41) is 6.96. The van der Waals surface area contributed by atoms with E-state index in [9.17, 15) is 0 Å². The van der Waals surface area contributed by atoms with Crippen molar-refractivity contribution in [2.45, 2.75) is 18.9 Å². The quantitative estimate of drug-likeness (QED) is 0.818. The van der Waals surface area contributed by atoms with Crippen LogP contribution in [-0.4, -0.2) is 49.9 Å². The molecule has 8 nitrogen and oxygen atoms in total. The molecule has 0 amide bonds. The molecule has 2 heterocycles. The lowest BCUT2D eigenvalue weighted by atomic mass is 10.6. The van der Waals surface area contributed by atoms with E-state index in [4.69, 9.17) is 0 Å². The molecule has 1 aliphatic carbocycles. The molecule has 0 aromatic carbocycles. The highest BCUT2D eigenvalue weighted by molar-refractivity contribution is 5.40. The predicted octanol–water partition coefficient (Wildman–Crippen LogP) is 0.0926. The third-order valence-corrected chi connectivity index (χ3v) is 2.87. The fraction of sp³-hybridized carbons (Fsp3) is 0.500. The maximum Gasteiger partial charge on any atom is 0.258 e. The first kappa shape index (κ1) is 10.9. The van der Waals surface area contributed by atoms with Crippen LogP contribution < -0.4 is 10.2 Å². The summed E-state index contributed by atoms with van der Waals surface area (Å²) in [5.41, 5.74) is 0. The van der Waals surface area contributed by atoms with Gasteiger partial charge in [-0.2, -0.15) is 24.7 Å². The minimum absolute atomic E-state index is 0.467. The van der Waals surface area contributed by atoms with Gasteiger partial charge in [0.2, 0.25) is 11.9 Å². The van der Waals surface area contributed by atoms with Gasteiger partial charge in [-0.15, -0.1) is 0 Å². The third kappa shape index (κ3) is 1.96. The first-order chi connectivity index (χ1) is 8.78. The van der Waals surface area contributed by atoms with E-state index in [-0.39, 0.29) is 0 Å². The summed E-state index contributed by atoms with van der Waals surface area (Å²) in [6.45, 7) is 0. The van der Waals surface area contributed by atoms with Gasteiger partial charge in [-0.05, 0) is 12.8 Å². The molecular formula is C10H14N8. The molecule has 1 N–H and O–H groups in total. The number of hydrogen-bond acceptors (Lipinski definition) is 7. The monoisotopic (exact) mass is 246 g/mol. The summed E-state index contributed by atoms with van der Waals surface area (Å²) in [4.78, 5) is 19.0. The van der Waals surface area contributed by atoms with Crippen LogP contribution in [0.2, 0.25) is 0 Å². The number of aromatic nitrogens is 6. The highest BCUT2D eigenvalue weighted by Crippen LogP contribution is 2.28. The second-order valence-electron chi connectivity index (χ2n) is 4.19.